The summed E-state index contributed by atoms with van der Waals surface area (Å²) >= 11 is 0. The topological polar surface area (TPSA) is 55.1 Å². The van der Waals surface area contributed by atoms with Crippen LogP contribution in [0.2, 0.25) is 0 Å². The number of aromatic nitrogens is 1. The van der Waals surface area contributed by atoms with E-state index in [-0.39, 0.29) is 11.7 Å². The largest absolute Gasteiger partial charge is 0.338 e. The minimum absolute atomic E-state index is 0.321. The highest BCUT2D eigenvalue weighted by Gasteiger charge is 2.15. The van der Waals surface area contributed by atoms with E-state index in [1.165, 1.54) is 18.2 Å². The van der Waals surface area contributed by atoms with Crippen molar-refractivity contribution in [2.24, 2.45) is 0 Å². The lowest BCUT2D eigenvalue weighted by molar-refractivity contribution is 0.102. The van der Waals surface area contributed by atoms with Crippen molar-refractivity contribution in [3.05, 3.63) is 46.4 Å². The van der Waals surface area contributed by atoms with Crippen LogP contribution in [0.25, 0.3) is 0 Å². The minimum Gasteiger partial charge on any atom is -0.338 e. The first-order chi connectivity index (χ1) is 8.49. The number of benzene rings is 1. The maximum absolute atomic E-state index is 12.9. The number of carbonyl (C=O) groups is 1. The molecule has 94 valence electrons. The minimum atomic E-state index is -0.365. The Labute approximate surface area is 104 Å². The standard InChI is InChI=1S/C13H13FN2O2/c1-7-6-10(14)4-5-11(7)12(17)15-13-8(2)9(3)16-18-13/h4-6H,1-3H3,(H,15,17). The van der Waals surface area contributed by atoms with Gasteiger partial charge in [0.2, 0.25) is 5.88 Å². The summed E-state index contributed by atoms with van der Waals surface area (Å²) < 4.78 is 17.9. The highest BCUT2D eigenvalue weighted by molar-refractivity contribution is 6.04. The van der Waals surface area contributed by atoms with E-state index >= 15 is 0 Å². The molecule has 1 amide bonds. The summed E-state index contributed by atoms with van der Waals surface area (Å²) in [7, 11) is 0. The molecule has 1 aromatic carbocycles. The lowest BCUT2D eigenvalue weighted by Crippen LogP contribution is -2.13. The highest BCUT2D eigenvalue weighted by Crippen LogP contribution is 2.19. The fourth-order valence-corrected chi connectivity index (χ4v) is 1.58. The van der Waals surface area contributed by atoms with Crippen LogP contribution in [0, 0.1) is 26.6 Å². The van der Waals surface area contributed by atoms with Crippen molar-refractivity contribution in [2.45, 2.75) is 20.8 Å². The Kier molecular flexibility index (Phi) is 3.14. The van der Waals surface area contributed by atoms with Gasteiger partial charge in [0.05, 0.1) is 5.69 Å². The Morgan fingerprint density at radius 1 is 1.33 bits per heavy atom. The van der Waals surface area contributed by atoms with E-state index in [1.807, 2.05) is 0 Å². The number of anilines is 1. The molecular formula is C13H13FN2O2. The van der Waals surface area contributed by atoms with Crippen LogP contribution >= 0.6 is 0 Å². The van der Waals surface area contributed by atoms with Gasteiger partial charge < -0.3 is 4.52 Å². The molecule has 18 heavy (non-hydrogen) atoms. The molecule has 0 radical (unpaired) electrons. The number of nitrogens with one attached hydrogen (secondary N) is 1. The van der Waals surface area contributed by atoms with Crippen molar-refractivity contribution < 1.29 is 13.7 Å². The third-order valence-corrected chi connectivity index (χ3v) is 2.82. The summed E-state index contributed by atoms with van der Waals surface area (Å²) in [6, 6.07) is 4.01. The molecule has 5 heteroatoms. The predicted molar refractivity (Wildman–Crippen MR) is 65.1 cm³/mol. The number of rotatable bonds is 2. The lowest BCUT2D eigenvalue weighted by Gasteiger charge is -2.05. The molecule has 0 aliphatic carbocycles. The molecule has 0 saturated carbocycles. The van der Waals surface area contributed by atoms with Crippen molar-refractivity contribution in [3.8, 4) is 0 Å². The summed E-state index contributed by atoms with van der Waals surface area (Å²) in [4.78, 5) is 12.0. The van der Waals surface area contributed by atoms with Crippen LogP contribution in [0.3, 0.4) is 0 Å². The van der Waals surface area contributed by atoms with E-state index in [0.29, 0.717) is 17.0 Å². The first-order valence-electron chi connectivity index (χ1n) is 5.49. The summed E-state index contributed by atoms with van der Waals surface area (Å²) in [6.07, 6.45) is 0. The number of hydrogen-bond acceptors (Lipinski definition) is 3. The fraction of sp³-hybridized carbons (Fsp3) is 0.231. The van der Waals surface area contributed by atoms with Crippen LogP contribution in [0.1, 0.15) is 27.2 Å². The third-order valence-electron chi connectivity index (χ3n) is 2.82. The average Bonchev–Trinajstić information content (AvgIpc) is 2.61. The van der Waals surface area contributed by atoms with Crippen molar-refractivity contribution >= 4 is 11.8 Å². The number of carbonyl (C=O) groups excluding carboxylic acids is 1. The zero-order valence-corrected chi connectivity index (χ0v) is 10.4. The highest BCUT2D eigenvalue weighted by atomic mass is 19.1. The molecule has 0 aliphatic rings. The van der Waals surface area contributed by atoms with Crippen molar-refractivity contribution in [1.29, 1.82) is 0 Å². The van der Waals surface area contributed by atoms with Crippen molar-refractivity contribution in [2.75, 3.05) is 5.32 Å². The van der Waals surface area contributed by atoms with E-state index < -0.39 is 0 Å². The zero-order chi connectivity index (χ0) is 13.3. The number of hydrogen-bond donors (Lipinski definition) is 1. The smallest absolute Gasteiger partial charge is 0.258 e. The molecule has 1 aromatic heterocycles. The van der Waals surface area contributed by atoms with Gasteiger partial charge in [0.1, 0.15) is 5.82 Å². The second-order valence-corrected chi connectivity index (χ2v) is 4.14. The Morgan fingerprint density at radius 2 is 2.06 bits per heavy atom. The van der Waals surface area contributed by atoms with E-state index in [9.17, 15) is 9.18 Å². The molecule has 0 atom stereocenters. The third kappa shape index (κ3) is 2.25. The maximum atomic E-state index is 12.9. The van der Waals surface area contributed by atoms with Gasteiger partial charge in [0.15, 0.2) is 0 Å². The predicted octanol–water partition coefficient (Wildman–Crippen LogP) is 2.99. The van der Waals surface area contributed by atoms with Crippen LogP contribution in [-0.4, -0.2) is 11.1 Å². The van der Waals surface area contributed by atoms with Gasteiger partial charge in [-0.3, -0.25) is 10.1 Å². The second-order valence-electron chi connectivity index (χ2n) is 4.14. The Balaban J connectivity index is 2.25. The Bertz CT molecular complexity index is 605. The van der Waals surface area contributed by atoms with Gasteiger partial charge in [0.25, 0.3) is 5.91 Å². The molecule has 0 bridgehead atoms. The zero-order valence-electron chi connectivity index (χ0n) is 10.4. The molecule has 2 rings (SSSR count). The van der Waals surface area contributed by atoms with Crippen molar-refractivity contribution in [3.63, 3.8) is 0 Å². The molecule has 2 aromatic rings. The van der Waals surface area contributed by atoms with Gasteiger partial charge in [-0.15, -0.1) is 0 Å². The summed E-state index contributed by atoms with van der Waals surface area (Å²) in [5.74, 6) is -0.385. The molecular weight excluding hydrogens is 235 g/mol. The first kappa shape index (κ1) is 12.3. The average molecular weight is 248 g/mol. The summed E-state index contributed by atoms with van der Waals surface area (Å²) in [5, 5.41) is 6.37. The second kappa shape index (κ2) is 4.60. The number of halogens is 1. The monoisotopic (exact) mass is 248 g/mol. The number of amides is 1. The van der Waals surface area contributed by atoms with Crippen LogP contribution in [0.15, 0.2) is 22.7 Å². The maximum Gasteiger partial charge on any atom is 0.258 e. The van der Waals surface area contributed by atoms with Gasteiger partial charge in [-0.05, 0) is 44.5 Å². The first-order valence-corrected chi connectivity index (χ1v) is 5.49. The van der Waals surface area contributed by atoms with Crippen LogP contribution in [0.4, 0.5) is 10.3 Å². The van der Waals surface area contributed by atoms with Crippen LogP contribution < -0.4 is 5.32 Å². The molecule has 0 aliphatic heterocycles. The van der Waals surface area contributed by atoms with Crippen molar-refractivity contribution in [1.82, 2.24) is 5.16 Å². The van der Waals surface area contributed by atoms with Crippen LogP contribution in [-0.2, 0) is 0 Å². The molecule has 1 heterocycles. The quantitative estimate of drug-likeness (QED) is 0.888. The number of nitrogens with zero attached hydrogens (tertiary/aromatic N) is 1. The molecule has 0 saturated heterocycles. The van der Waals surface area contributed by atoms with E-state index in [2.05, 4.69) is 10.5 Å². The summed E-state index contributed by atoms with van der Waals surface area (Å²) in [5.41, 5.74) is 2.48. The molecule has 0 unspecified atom stereocenters. The van der Waals surface area contributed by atoms with Gasteiger partial charge in [-0.2, -0.15) is 0 Å². The Hall–Kier alpha value is -2.17. The lowest BCUT2D eigenvalue weighted by atomic mass is 10.1. The van der Waals surface area contributed by atoms with E-state index in [1.54, 1.807) is 20.8 Å². The molecule has 0 spiro atoms. The van der Waals surface area contributed by atoms with Crippen LogP contribution in [0.5, 0.6) is 0 Å². The molecule has 4 nitrogen and oxygen atoms in total. The Morgan fingerprint density at radius 3 is 2.61 bits per heavy atom. The van der Waals surface area contributed by atoms with Gasteiger partial charge in [-0.1, -0.05) is 5.16 Å². The normalized spacial score (nSPS) is 10.4. The fourth-order valence-electron chi connectivity index (χ4n) is 1.58. The molecule has 0 fully saturated rings. The van der Waals surface area contributed by atoms with E-state index in [4.69, 9.17) is 4.52 Å². The van der Waals surface area contributed by atoms with Gasteiger partial charge in [-0.25, -0.2) is 4.39 Å². The molecule has 1 N–H and O–H groups in total. The summed E-state index contributed by atoms with van der Waals surface area (Å²) in [6.45, 7) is 5.27. The van der Waals surface area contributed by atoms with Gasteiger partial charge in [0, 0.05) is 11.1 Å². The SMILES string of the molecule is Cc1cc(F)ccc1C(=O)Nc1onc(C)c1C. The van der Waals surface area contributed by atoms with E-state index in [0.717, 1.165) is 11.3 Å². The van der Waals surface area contributed by atoms with Gasteiger partial charge >= 0.3 is 0 Å². The number of aryl methyl sites for hydroxylation is 2.